The lowest BCUT2D eigenvalue weighted by molar-refractivity contribution is -0.146. The molecular formula is C22H29FN2O2. The summed E-state index contributed by atoms with van der Waals surface area (Å²) in [6.45, 7) is 2.56. The number of hydrogen-bond acceptors (Lipinski definition) is 2. The third kappa shape index (κ3) is 3.87. The molecule has 2 heterocycles. The van der Waals surface area contributed by atoms with Crippen LogP contribution in [0.25, 0.3) is 0 Å². The predicted molar refractivity (Wildman–Crippen MR) is 101 cm³/mol. The smallest absolute Gasteiger partial charge is 0.230 e. The van der Waals surface area contributed by atoms with E-state index in [1.54, 1.807) is 12.1 Å². The number of carbonyl (C=O) groups is 2. The molecule has 5 heteroatoms. The summed E-state index contributed by atoms with van der Waals surface area (Å²) in [5.41, 5.74) is 0.554. The van der Waals surface area contributed by atoms with Crippen molar-refractivity contribution in [2.75, 3.05) is 19.6 Å². The Bertz CT molecular complexity index is 699. The van der Waals surface area contributed by atoms with Gasteiger partial charge >= 0.3 is 0 Å². The van der Waals surface area contributed by atoms with E-state index in [2.05, 4.69) is 0 Å². The summed E-state index contributed by atoms with van der Waals surface area (Å²) < 4.78 is 13.1. The Morgan fingerprint density at radius 1 is 1.07 bits per heavy atom. The molecule has 0 N–H and O–H groups in total. The van der Waals surface area contributed by atoms with Crippen molar-refractivity contribution in [3.8, 4) is 0 Å². The van der Waals surface area contributed by atoms with E-state index in [4.69, 9.17) is 0 Å². The Morgan fingerprint density at radius 2 is 1.81 bits per heavy atom. The predicted octanol–water partition coefficient (Wildman–Crippen LogP) is 3.75. The van der Waals surface area contributed by atoms with E-state index in [0.29, 0.717) is 32.0 Å². The van der Waals surface area contributed by atoms with Crippen LogP contribution >= 0.6 is 0 Å². The quantitative estimate of drug-likeness (QED) is 0.808. The number of hydrogen-bond donors (Lipinski definition) is 0. The molecule has 1 aromatic rings. The minimum atomic E-state index is -0.399. The third-order valence-electron chi connectivity index (χ3n) is 6.76. The number of amides is 2. The highest BCUT2D eigenvalue weighted by Crippen LogP contribution is 2.41. The largest absolute Gasteiger partial charge is 0.342 e. The average molecular weight is 372 g/mol. The van der Waals surface area contributed by atoms with E-state index in [0.717, 1.165) is 31.4 Å². The molecule has 2 aliphatic heterocycles. The molecule has 146 valence electrons. The number of nitrogens with zero attached hydrogens (tertiary/aromatic N) is 2. The molecule has 1 unspecified atom stereocenters. The standard InChI is InChI=1S/C22H29FN2O2/c23-19-8-6-18(7-9-19)15-24-12-3-10-22(21(24)27)11-13-25(16-22)20(26)14-17-4-1-2-5-17/h6-9,17H,1-5,10-16H2. The molecule has 1 saturated carbocycles. The van der Waals surface area contributed by atoms with Crippen molar-refractivity contribution in [3.63, 3.8) is 0 Å². The van der Waals surface area contributed by atoms with Crippen LogP contribution in [0.5, 0.6) is 0 Å². The normalized spacial score (nSPS) is 26.3. The van der Waals surface area contributed by atoms with Crippen molar-refractivity contribution in [1.29, 1.82) is 0 Å². The van der Waals surface area contributed by atoms with Gasteiger partial charge in [0.1, 0.15) is 5.82 Å². The topological polar surface area (TPSA) is 40.6 Å². The SMILES string of the molecule is O=C(CC1CCCC1)N1CCC2(CCCN(Cc3ccc(F)cc3)C2=O)C1. The van der Waals surface area contributed by atoms with Crippen molar-refractivity contribution >= 4 is 11.8 Å². The van der Waals surface area contributed by atoms with Crippen LogP contribution in [0.3, 0.4) is 0 Å². The number of benzene rings is 1. The molecule has 0 aromatic heterocycles. The van der Waals surface area contributed by atoms with E-state index in [1.807, 2.05) is 9.80 Å². The summed E-state index contributed by atoms with van der Waals surface area (Å²) in [5, 5.41) is 0. The molecule has 0 radical (unpaired) electrons. The van der Waals surface area contributed by atoms with Gasteiger partial charge in [-0.1, -0.05) is 25.0 Å². The summed E-state index contributed by atoms with van der Waals surface area (Å²) in [6.07, 6.45) is 8.13. The Balaban J connectivity index is 1.39. The maximum atomic E-state index is 13.2. The summed E-state index contributed by atoms with van der Waals surface area (Å²) in [5.74, 6) is 0.704. The third-order valence-corrected chi connectivity index (χ3v) is 6.76. The Labute approximate surface area is 160 Å². The lowest BCUT2D eigenvalue weighted by atomic mass is 9.78. The highest BCUT2D eigenvalue weighted by atomic mass is 19.1. The Kier molecular flexibility index (Phi) is 5.20. The average Bonchev–Trinajstić information content (AvgIpc) is 3.32. The molecule has 4 rings (SSSR count). The molecule has 1 aliphatic carbocycles. The van der Waals surface area contributed by atoms with Crippen LogP contribution in [0.1, 0.15) is 56.9 Å². The van der Waals surface area contributed by atoms with Gasteiger partial charge in [-0.3, -0.25) is 9.59 Å². The van der Waals surface area contributed by atoms with Crippen molar-refractivity contribution in [1.82, 2.24) is 9.80 Å². The van der Waals surface area contributed by atoms with Gasteiger partial charge in [0, 0.05) is 32.6 Å². The maximum Gasteiger partial charge on any atom is 0.230 e. The fourth-order valence-electron chi connectivity index (χ4n) is 5.17. The van der Waals surface area contributed by atoms with Gasteiger partial charge in [0.25, 0.3) is 0 Å². The van der Waals surface area contributed by atoms with E-state index in [1.165, 1.54) is 37.8 Å². The Morgan fingerprint density at radius 3 is 2.56 bits per heavy atom. The highest BCUT2D eigenvalue weighted by Gasteiger charge is 2.49. The molecule has 2 saturated heterocycles. The van der Waals surface area contributed by atoms with Crippen LogP contribution in [0, 0.1) is 17.2 Å². The van der Waals surface area contributed by atoms with E-state index < -0.39 is 5.41 Å². The second-order valence-electron chi connectivity index (χ2n) is 8.66. The van der Waals surface area contributed by atoms with Crippen molar-refractivity contribution in [3.05, 3.63) is 35.6 Å². The number of likely N-dealkylation sites (tertiary alicyclic amines) is 2. The zero-order chi connectivity index (χ0) is 18.9. The molecule has 1 atom stereocenters. The van der Waals surface area contributed by atoms with Crippen LogP contribution in [0.2, 0.25) is 0 Å². The van der Waals surface area contributed by atoms with Gasteiger partial charge in [-0.15, -0.1) is 0 Å². The second kappa shape index (κ2) is 7.61. The van der Waals surface area contributed by atoms with Crippen LogP contribution in [0.15, 0.2) is 24.3 Å². The summed E-state index contributed by atoms with van der Waals surface area (Å²) >= 11 is 0. The number of piperidine rings is 1. The summed E-state index contributed by atoms with van der Waals surface area (Å²) in [7, 11) is 0. The molecule has 27 heavy (non-hydrogen) atoms. The number of rotatable bonds is 4. The minimum absolute atomic E-state index is 0.175. The zero-order valence-electron chi connectivity index (χ0n) is 16.0. The maximum absolute atomic E-state index is 13.2. The van der Waals surface area contributed by atoms with Crippen molar-refractivity contribution < 1.29 is 14.0 Å². The lowest BCUT2D eigenvalue weighted by Crippen LogP contribution is -2.50. The van der Waals surface area contributed by atoms with Gasteiger partial charge in [-0.2, -0.15) is 0 Å². The summed E-state index contributed by atoms with van der Waals surface area (Å²) in [6, 6.07) is 6.38. The van der Waals surface area contributed by atoms with Gasteiger partial charge in [0.05, 0.1) is 5.41 Å². The molecule has 1 aromatic carbocycles. The first-order chi connectivity index (χ1) is 13.1. The van der Waals surface area contributed by atoms with E-state index >= 15 is 0 Å². The number of halogens is 1. The first-order valence-corrected chi connectivity index (χ1v) is 10.4. The van der Waals surface area contributed by atoms with Gasteiger partial charge in [0.15, 0.2) is 0 Å². The Hall–Kier alpha value is -1.91. The van der Waals surface area contributed by atoms with E-state index in [-0.39, 0.29) is 17.6 Å². The van der Waals surface area contributed by atoms with Crippen LogP contribution in [0.4, 0.5) is 4.39 Å². The zero-order valence-corrected chi connectivity index (χ0v) is 16.0. The molecule has 3 fully saturated rings. The van der Waals surface area contributed by atoms with Gasteiger partial charge in [-0.05, 0) is 55.7 Å². The first kappa shape index (κ1) is 18.5. The second-order valence-corrected chi connectivity index (χ2v) is 8.66. The van der Waals surface area contributed by atoms with E-state index in [9.17, 15) is 14.0 Å². The first-order valence-electron chi connectivity index (χ1n) is 10.4. The number of carbonyl (C=O) groups excluding carboxylic acids is 2. The van der Waals surface area contributed by atoms with Crippen molar-refractivity contribution in [2.45, 2.75) is 57.9 Å². The van der Waals surface area contributed by atoms with Gasteiger partial charge < -0.3 is 9.80 Å². The van der Waals surface area contributed by atoms with Crippen LogP contribution in [-0.2, 0) is 16.1 Å². The highest BCUT2D eigenvalue weighted by molar-refractivity contribution is 5.86. The lowest BCUT2D eigenvalue weighted by Gasteiger charge is -2.39. The molecule has 3 aliphatic rings. The monoisotopic (exact) mass is 372 g/mol. The van der Waals surface area contributed by atoms with Crippen molar-refractivity contribution in [2.24, 2.45) is 11.3 Å². The summed E-state index contributed by atoms with van der Waals surface area (Å²) in [4.78, 5) is 29.8. The van der Waals surface area contributed by atoms with Crippen LogP contribution < -0.4 is 0 Å². The van der Waals surface area contributed by atoms with Gasteiger partial charge in [0.2, 0.25) is 11.8 Å². The molecular weight excluding hydrogens is 343 g/mol. The fourth-order valence-corrected chi connectivity index (χ4v) is 5.17. The minimum Gasteiger partial charge on any atom is -0.342 e. The molecule has 4 nitrogen and oxygen atoms in total. The molecule has 0 bridgehead atoms. The van der Waals surface area contributed by atoms with Crippen LogP contribution in [-0.4, -0.2) is 41.2 Å². The molecule has 1 spiro atoms. The fraction of sp³-hybridized carbons (Fsp3) is 0.636. The molecule has 2 amide bonds. The van der Waals surface area contributed by atoms with Gasteiger partial charge in [-0.25, -0.2) is 4.39 Å².